The lowest BCUT2D eigenvalue weighted by Crippen LogP contribution is -2.46. The normalized spacial score (nSPS) is 20.5. The fourth-order valence-corrected chi connectivity index (χ4v) is 1.38. The first-order valence-corrected chi connectivity index (χ1v) is 5.08. The lowest BCUT2D eigenvalue weighted by Gasteiger charge is -2.30. The summed E-state index contributed by atoms with van der Waals surface area (Å²) >= 11 is 0. The van der Waals surface area contributed by atoms with Gasteiger partial charge in [-0.05, 0) is 5.41 Å². The summed E-state index contributed by atoms with van der Waals surface area (Å²) in [6, 6.07) is 0.141. The highest BCUT2D eigenvalue weighted by Crippen LogP contribution is 2.19. The molecule has 0 saturated carbocycles. The molecule has 0 aromatic rings. The quantitative estimate of drug-likeness (QED) is 0.712. The summed E-state index contributed by atoms with van der Waals surface area (Å²) in [5, 5.41) is 0. The summed E-state index contributed by atoms with van der Waals surface area (Å²) in [5.74, 6) is 0. The molecule has 2 N–H and O–H groups in total. The molecule has 0 aromatic heterocycles. The van der Waals surface area contributed by atoms with Crippen LogP contribution >= 0.6 is 0 Å². The van der Waals surface area contributed by atoms with Crippen LogP contribution in [0.25, 0.3) is 0 Å². The molecule has 0 unspecified atom stereocenters. The van der Waals surface area contributed by atoms with Crippen molar-refractivity contribution in [1.82, 2.24) is 9.80 Å². The molecule has 1 heterocycles. The van der Waals surface area contributed by atoms with E-state index in [2.05, 4.69) is 20.8 Å². The Labute approximate surface area is 86.0 Å². The van der Waals surface area contributed by atoms with Crippen LogP contribution in [0.3, 0.4) is 0 Å². The zero-order valence-electron chi connectivity index (χ0n) is 9.58. The minimum absolute atomic E-state index is 0.0398. The summed E-state index contributed by atoms with van der Waals surface area (Å²) in [4.78, 5) is 15.1. The summed E-state index contributed by atoms with van der Waals surface area (Å²) in [6.45, 7) is 8.58. The van der Waals surface area contributed by atoms with Crippen LogP contribution in [-0.4, -0.2) is 48.6 Å². The molecule has 82 valence electrons. The number of carbonyl (C=O) groups excluding carboxylic acids is 1. The molecule has 1 rings (SSSR count). The van der Waals surface area contributed by atoms with Gasteiger partial charge in [0.2, 0.25) is 0 Å². The predicted octanol–water partition coefficient (Wildman–Crippen LogP) is 0.727. The third-order valence-corrected chi connectivity index (χ3v) is 2.83. The van der Waals surface area contributed by atoms with Crippen LogP contribution in [0.15, 0.2) is 0 Å². The van der Waals surface area contributed by atoms with Crippen LogP contribution in [0.1, 0.15) is 20.8 Å². The molecule has 0 aromatic carbocycles. The number of urea groups is 1. The van der Waals surface area contributed by atoms with Crippen LogP contribution in [0.2, 0.25) is 0 Å². The molecule has 1 aliphatic heterocycles. The van der Waals surface area contributed by atoms with Gasteiger partial charge in [-0.3, -0.25) is 0 Å². The number of rotatable bonds is 2. The fraction of sp³-hybridized carbons (Fsp3) is 0.900. The molecule has 1 fully saturated rings. The molecule has 4 nitrogen and oxygen atoms in total. The Balaban J connectivity index is 2.50. The Hall–Kier alpha value is -0.770. The van der Waals surface area contributed by atoms with Crippen molar-refractivity contribution in [2.45, 2.75) is 26.8 Å². The van der Waals surface area contributed by atoms with Crippen molar-refractivity contribution < 1.29 is 4.79 Å². The van der Waals surface area contributed by atoms with Gasteiger partial charge in [0.25, 0.3) is 0 Å². The lowest BCUT2D eigenvalue weighted by molar-refractivity contribution is 0.185. The van der Waals surface area contributed by atoms with Crippen molar-refractivity contribution in [3.8, 4) is 0 Å². The third-order valence-electron chi connectivity index (χ3n) is 2.83. The van der Waals surface area contributed by atoms with Crippen molar-refractivity contribution in [3.63, 3.8) is 0 Å². The molecule has 1 saturated heterocycles. The molecule has 1 aliphatic rings. The SMILES string of the molecule is CN1CCN(C[C@@H](N)C(C)(C)C)C1=O. The Kier molecular flexibility index (Phi) is 3.04. The monoisotopic (exact) mass is 199 g/mol. The van der Waals surface area contributed by atoms with Crippen LogP contribution in [0.4, 0.5) is 4.79 Å². The zero-order valence-corrected chi connectivity index (χ0v) is 9.58. The lowest BCUT2D eigenvalue weighted by atomic mass is 9.87. The third kappa shape index (κ3) is 2.38. The predicted molar refractivity (Wildman–Crippen MR) is 57.0 cm³/mol. The summed E-state index contributed by atoms with van der Waals surface area (Å²) in [6.07, 6.45) is 0. The molecule has 0 radical (unpaired) electrons. The van der Waals surface area contributed by atoms with E-state index in [1.165, 1.54) is 0 Å². The number of hydrogen-bond acceptors (Lipinski definition) is 2. The molecular formula is C10H21N3O. The van der Waals surface area contributed by atoms with E-state index in [1.807, 2.05) is 11.9 Å². The Bertz CT molecular complexity index is 222. The van der Waals surface area contributed by atoms with Crippen LogP contribution in [0.5, 0.6) is 0 Å². The molecule has 0 spiro atoms. The van der Waals surface area contributed by atoms with Gasteiger partial charge >= 0.3 is 6.03 Å². The smallest absolute Gasteiger partial charge is 0.319 e. The number of likely N-dealkylation sites (N-methyl/N-ethyl adjacent to an activating group) is 1. The number of carbonyl (C=O) groups is 1. The summed E-state index contributed by atoms with van der Waals surface area (Å²) in [7, 11) is 1.82. The van der Waals surface area contributed by atoms with Gasteiger partial charge in [0, 0.05) is 32.7 Å². The summed E-state index contributed by atoms with van der Waals surface area (Å²) in [5.41, 5.74) is 6.08. The van der Waals surface area contributed by atoms with E-state index in [0.29, 0.717) is 6.54 Å². The first kappa shape index (κ1) is 11.3. The number of amides is 2. The second-order valence-electron chi connectivity index (χ2n) is 5.12. The minimum atomic E-state index is 0.0398. The number of nitrogens with two attached hydrogens (primary N) is 1. The maximum Gasteiger partial charge on any atom is 0.319 e. The van der Waals surface area contributed by atoms with Crippen LogP contribution in [-0.2, 0) is 0 Å². The van der Waals surface area contributed by atoms with Gasteiger partial charge in [0.05, 0.1) is 0 Å². The van der Waals surface area contributed by atoms with E-state index in [-0.39, 0.29) is 17.5 Å². The van der Waals surface area contributed by atoms with E-state index in [4.69, 9.17) is 5.73 Å². The minimum Gasteiger partial charge on any atom is -0.326 e. The van der Waals surface area contributed by atoms with E-state index >= 15 is 0 Å². The maximum absolute atomic E-state index is 11.6. The fourth-order valence-electron chi connectivity index (χ4n) is 1.38. The zero-order chi connectivity index (χ0) is 10.9. The molecule has 4 heteroatoms. The van der Waals surface area contributed by atoms with Crippen molar-refractivity contribution in [1.29, 1.82) is 0 Å². The second-order valence-corrected chi connectivity index (χ2v) is 5.12. The molecule has 14 heavy (non-hydrogen) atoms. The van der Waals surface area contributed by atoms with Gasteiger partial charge in [-0.15, -0.1) is 0 Å². The van der Waals surface area contributed by atoms with E-state index in [1.54, 1.807) is 4.90 Å². The van der Waals surface area contributed by atoms with Gasteiger partial charge in [0.15, 0.2) is 0 Å². The van der Waals surface area contributed by atoms with Gasteiger partial charge < -0.3 is 15.5 Å². The first-order chi connectivity index (χ1) is 6.32. The van der Waals surface area contributed by atoms with Crippen LogP contribution in [0, 0.1) is 5.41 Å². The van der Waals surface area contributed by atoms with Crippen LogP contribution < -0.4 is 5.73 Å². The topological polar surface area (TPSA) is 49.6 Å². The van der Waals surface area contributed by atoms with Crippen molar-refractivity contribution >= 4 is 6.03 Å². The second kappa shape index (κ2) is 3.77. The molecular weight excluding hydrogens is 178 g/mol. The molecule has 0 bridgehead atoms. The van der Waals surface area contributed by atoms with E-state index < -0.39 is 0 Å². The largest absolute Gasteiger partial charge is 0.326 e. The molecule has 1 atom stereocenters. The average molecular weight is 199 g/mol. The van der Waals surface area contributed by atoms with Crippen molar-refractivity contribution in [2.75, 3.05) is 26.7 Å². The highest BCUT2D eigenvalue weighted by Gasteiger charge is 2.30. The number of hydrogen-bond donors (Lipinski definition) is 1. The van der Waals surface area contributed by atoms with E-state index in [9.17, 15) is 4.79 Å². The standard InChI is InChI=1S/C10H21N3O/c1-10(2,3)8(11)7-13-6-5-12(4)9(13)14/h8H,5-7,11H2,1-4H3/t8-/m1/s1. The Morgan fingerprint density at radius 3 is 2.36 bits per heavy atom. The van der Waals surface area contributed by atoms with Gasteiger partial charge in [-0.25, -0.2) is 4.79 Å². The van der Waals surface area contributed by atoms with Crippen molar-refractivity contribution in [3.05, 3.63) is 0 Å². The summed E-state index contributed by atoms with van der Waals surface area (Å²) < 4.78 is 0. The van der Waals surface area contributed by atoms with E-state index in [0.717, 1.165) is 13.1 Å². The average Bonchev–Trinajstić information content (AvgIpc) is 2.34. The van der Waals surface area contributed by atoms with Crippen molar-refractivity contribution in [2.24, 2.45) is 11.1 Å². The maximum atomic E-state index is 11.6. The Morgan fingerprint density at radius 1 is 1.43 bits per heavy atom. The Morgan fingerprint density at radius 2 is 2.00 bits per heavy atom. The van der Waals surface area contributed by atoms with Gasteiger partial charge in [0.1, 0.15) is 0 Å². The van der Waals surface area contributed by atoms with Gasteiger partial charge in [-0.1, -0.05) is 20.8 Å². The van der Waals surface area contributed by atoms with Gasteiger partial charge in [-0.2, -0.15) is 0 Å². The first-order valence-electron chi connectivity index (χ1n) is 5.08. The highest BCUT2D eigenvalue weighted by molar-refractivity contribution is 5.76. The molecule has 0 aliphatic carbocycles. The highest BCUT2D eigenvalue weighted by atomic mass is 16.2. The molecule has 2 amide bonds. The number of nitrogens with zero attached hydrogens (tertiary/aromatic N) is 2.